The van der Waals surface area contributed by atoms with Crippen LogP contribution in [0.5, 0.6) is 11.5 Å². The molecule has 38 heavy (non-hydrogen) atoms. The van der Waals surface area contributed by atoms with Crippen molar-refractivity contribution in [3.05, 3.63) is 101 Å². The zero-order chi connectivity index (χ0) is 27.1. The minimum absolute atomic E-state index is 0.0447. The van der Waals surface area contributed by atoms with Crippen molar-refractivity contribution >= 4 is 17.4 Å². The predicted molar refractivity (Wildman–Crippen MR) is 144 cm³/mol. The Morgan fingerprint density at radius 2 is 1.68 bits per heavy atom. The summed E-state index contributed by atoms with van der Waals surface area (Å²) in [5, 5.41) is 11.2. The number of aliphatic hydroxyl groups excluding tert-OH is 1. The van der Waals surface area contributed by atoms with E-state index in [0.29, 0.717) is 36.7 Å². The van der Waals surface area contributed by atoms with Crippen molar-refractivity contribution in [2.24, 2.45) is 0 Å². The number of benzene rings is 3. The minimum Gasteiger partial charge on any atom is -0.507 e. The summed E-state index contributed by atoms with van der Waals surface area (Å²) in [7, 11) is 0. The number of amides is 1. The topological polar surface area (TPSA) is 76.1 Å². The second-order valence-electron chi connectivity index (χ2n) is 9.08. The highest BCUT2D eigenvalue weighted by Gasteiger charge is 2.46. The van der Waals surface area contributed by atoms with E-state index in [1.165, 1.54) is 29.2 Å². The molecule has 198 valence electrons. The van der Waals surface area contributed by atoms with Crippen LogP contribution >= 0.6 is 0 Å². The number of halogens is 1. The Labute approximate surface area is 222 Å². The fourth-order valence-electron chi connectivity index (χ4n) is 4.52. The highest BCUT2D eigenvalue weighted by molar-refractivity contribution is 6.46. The molecule has 1 N–H and O–H groups in total. The third kappa shape index (κ3) is 5.88. The number of nitrogens with zero attached hydrogens (tertiary/aromatic N) is 1. The Bertz CT molecular complexity index is 1300. The quantitative estimate of drug-likeness (QED) is 0.145. The van der Waals surface area contributed by atoms with Crippen molar-refractivity contribution < 1.29 is 28.6 Å². The molecular formula is C31H32FNO5. The van der Waals surface area contributed by atoms with E-state index in [4.69, 9.17) is 9.47 Å². The van der Waals surface area contributed by atoms with Gasteiger partial charge in [-0.15, -0.1) is 0 Å². The van der Waals surface area contributed by atoms with Crippen LogP contribution in [-0.4, -0.2) is 41.5 Å². The Morgan fingerprint density at radius 1 is 0.947 bits per heavy atom. The summed E-state index contributed by atoms with van der Waals surface area (Å²) in [6.07, 6.45) is 2.41. The van der Waals surface area contributed by atoms with Gasteiger partial charge in [0.15, 0.2) is 11.5 Å². The van der Waals surface area contributed by atoms with Gasteiger partial charge in [-0.3, -0.25) is 9.59 Å². The van der Waals surface area contributed by atoms with E-state index in [1.54, 1.807) is 18.2 Å². The first kappa shape index (κ1) is 26.9. The molecule has 0 aliphatic carbocycles. The minimum atomic E-state index is -0.854. The van der Waals surface area contributed by atoms with Crippen molar-refractivity contribution in [3.8, 4) is 11.5 Å². The van der Waals surface area contributed by atoms with E-state index >= 15 is 0 Å². The molecule has 0 spiro atoms. The molecule has 6 nitrogen and oxygen atoms in total. The van der Waals surface area contributed by atoms with Crippen LogP contribution in [0.2, 0.25) is 0 Å². The van der Waals surface area contributed by atoms with Gasteiger partial charge in [-0.25, -0.2) is 4.39 Å². The van der Waals surface area contributed by atoms with E-state index in [-0.39, 0.29) is 23.4 Å². The maximum atomic E-state index is 13.5. The summed E-state index contributed by atoms with van der Waals surface area (Å²) in [6, 6.07) is 19.3. The van der Waals surface area contributed by atoms with Gasteiger partial charge >= 0.3 is 0 Å². The van der Waals surface area contributed by atoms with Gasteiger partial charge in [0.25, 0.3) is 11.7 Å². The number of hydrogen-bond donors (Lipinski definition) is 1. The maximum absolute atomic E-state index is 13.5. The summed E-state index contributed by atoms with van der Waals surface area (Å²) in [5.74, 6) is -1.24. The number of carbonyl (C=O) groups is 2. The summed E-state index contributed by atoms with van der Waals surface area (Å²) in [4.78, 5) is 28.1. The zero-order valence-corrected chi connectivity index (χ0v) is 21.7. The number of hydrogen-bond acceptors (Lipinski definition) is 5. The van der Waals surface area contributed by atoms with Crippen molar-refractivity contribution in [1.29, 1.82) is 0 Å². The number of likely N-dealkylation sites (tertiary alicyclic amines) is 1. The first-order valence-electron chi connectivity index (χ1n) is 12.9. The highest BCUT2D eigenvalue weighted by atomic mass is 19.1. The number of Topliss-reactive ketones (excluding diaryl/α,β-unsaturated/α-hetero) is 1. The average Bonchev–Trinajstić information content (AvgIpc) is 3.18. The third-order valence-electron chi connectivity index (χ3n) is 6.48. The van der Waals surface area contributed by atoms with Crippen molar-refractivity contribution in [2.45, 2.75) is 39.2 Å². The maximum Gasteiger partial charge on any atom is 0.295 e. The largest absolute Gasteiger partial charge is 0.507 e. The Hall–Kier alpha value is -4.13. The molecule has 1 aliphatic heterocycles. The van der Waals surface area contributed by atoms with Crippen LogP contribution in [0.3, 0.4) is 0 Å². The van der Waals surface area contributed by atoms with Gasteiger partial charge in [0.2, 0.25) is 0 Å². The number of rotatable bonds is 11. The van der Waals surface area contributed by atoms with E-state index in [2.05, 4.69) is 6.92 Å². The first-order chi connectivity index (χ1) is 18.4. The van der Waals surface area contributed by atoms with Gasteiger partial charge < -0.3 is 19.5 Å². The number of ether oxygens (including phenoxy) is 2. The molecule has 7 heteroatoms. The lowest BCUT2D eigenvalue weighted by atomic mass is 9.94. The molecule has 1 atom stereocenters. The molecule has 4 rings (SSSR count). The van der Waals surface area contributed by atoms with Gasteiger partial charge in [0.1, 0.15) is 11.6 Å². The normalized spacial score (nSPS) is 16.6. The Morgan fingerprint density at radius 3 is 2.37 bits per heavy atom. The molecule has 1 heterocycles. The van der Waals surface area contributed by atoms with Crippen LogP contribution in [-0.2, 0) is 16.0 Å². The molecule has 0 saturated carbocycles. The number of ketones is 1. The van der Waals surface area contributed by atoms with Gasteiger partial charge in [0.05, 0.1) is 24.8 Å². The molecule has 1 amide bonds. The monoisotopic (exact) mass is 517 g/mol. The van der Waals surface area contributed by atoms with Crippen LogP contribution in [0.4, 0.5) is 4.39 Å². The van der Waals surface area contributed by atoms with Crippen molar-refractivity contribution in [2.75, 3.05) is 19.8 Å². The smallest absolute Gasteiger partial charge is 0.295 e. The first-order valence-corrected chi connectivity index (χ1v) is 12.9. The van der Waals surface area contributed by atoms with Crippen molar-refractivity contribution in [3.63, 3.8) is 0 Å². The Balaban J connectivity index is 1.79. The number of aliphatic hydroxyl groups is 1. The lowest BCUT2D eigenvalue weighted by Crippen LogP contribution is -2.31. The van der Waals surface area contributed by atoms with Crippen LogP contribution in [0.15, 0.2) is 78.4 Å². The van der Waals surface area contributed by atoms with Crippen LogP contribution < -0.4 is 9.47 Å². The molecule has 1 aliphatic rings. The summed E-state index contributed by atoms with van der Waals surface area (Å²) >= 11 is 0. The Kier molecular flexibility index (Phi) is 8.79. The molecule has 1 fully saturated rings. The number of unbranched alkanes of at least 4 members (excludes halogenated alkanes) is 1. The third-order valence-corrected chi connectivity index (χ3v) is 6.48. The summed E-state index contributed by atoms with van der Waals surface area (Å²) in [6.45, 7) is 5.14. The van der Waals surface area contributed by atoms with E-state index in [9.17, 15) is 19.1 Å². The fourth-order valence-corrected chi connectivity index (χ4v) is 4.52. The van der Waals surface area contributed by atoms with E-state index in [0.717, 1.165) is 18.4 Å². The van der Waals surface area contributed by atoms with Gasteiger partial charge in [0, 0.05) is 12.1 Å². The highest BCUT2D eigenvalue weighted by Crippen LogP contribution is 2.42. The molecule has 3 aromatic carbocycles. The standard InChI is InChI=1S/C31H32FNO5/c1-3-5-19-38-25-16-13-23(20-26(25)37-4-2)28-27(29(34)22-11-14-24(32)15-12-22)30(35)31(36)33(28)18-17-21-9-7-6-8-10-21/h6-16,20,28,34H,3-5,17-19H2,1-2H3. The van der Waals surface area contributed by atoms with Gasteiger partial charge in [-0.2, -0.15) is 0 Å². The lowest BCUT2D eigenvalue weighted by molar-refractivity contribution is -0.139. The molecule has 0 bridgehead atoms. The molecule has 1 saturated heterocycles. The molecule has 1 unspecified atom stereocenters. The van der Waals surface area contributed by atoms with Crippen LogP contribution in [0.25, 0.3) is 5.76 Å². The van der Waals surface area contributed by atoms with Crippen LogP contribution in [0, 0.1) is 5.82 Å². The summed E-state index contributed by atoms with van der Waals surface area (Å²) in [5.41, 5.74) is 1.83. The molecule has 0 radical (unpaired) electrons. The zero-order valence-electron chi connectivity index (χ0n) is 21.7. The summed E-state index contributed by atoms with van der Waals surface area (Å²) < 4.78 is 25.3. The second kappa shape index (κ2) is 12.4. The molecule has 3 aromatic rings. The number of carbonyl (C=O) groups excluding carboxylic acids is 2. The van der Waals surface area contributed by atoms with E-state index in [1.807, 2.05) is 37.3 Å². The van der Waals surface area contributed by atoms with Crippen molar-refractivity contribution in [1.82, 2.24) is 4.90 Å². The van der Waals surface area contributed by atoms with Crippen LogP contribution in [0.1, 0.15) is 49.4 Å². The second-order valence-corrected chi connectivity index (χ2v) is 9.08. The SMILES string of the molecule is CCCCOc1ccc(C2C(=C(O)c3ccc(F)cc3)C(=O)C(=O)N2CCc2ccccc2)cc1OCC. The predicted octanol–water partition coefficient (Wildman–Crippen LogP) is 6.07. The molecular weight excluding hydrogens is 485 g/mol. The van der Waals surface area contributed by atoms with Gasteiger partial charge in [-0.1, -0.05) is 49.7 Å². The molecule has 0 aromatic heterocycles. The fraction of sp³-hybridized carbons (Fsp3) is 0.290. The lowest BCUT2D eigenvalue weighted by Gasteiger charge is -2.26. The average molecular weight is 518 g/mol. The van der Waals surface area contributed by atoms with E-state index < -0.39 is 23.5 Å². The van der Waals surface area contributed by atoms with Gasteiger partial charge in [-0.05, 0) is 67.3 Å².